The molecule has 0 saturated heterocycles. The van der Waals surface area contributed by atoms with Gasteiger partial charge in [0.1, 0.15) is 0 Å². The lowest BCUT2D eigenvalue weighted by Gasteiger charge is -2.11. The zero-order valence-electron chi connectivity index (χ0n) is 13.3. The second kappa shape index (κ2) is 6.02. The van der Waals surface area contributed by atoms with E-state index in [0.29, 0.717) is 8.58 Å². The van der Waals surface area contributed by atoms with Gasteiger partial charge in [0.05, 0.1) is 5.52 Å². The first-order valence-corrected chi connectivity index (χ1v) is 8.43. The van der Waals surface area contributed by atoms with Gasteiger partial charge in [0, 0.05) is 11.6 Å². The number of nitrogens with zero attached hydrogens (tertiary/aromatic N) is 1. The Kier molecular flexibility index (Phi) is 4.09. The number of hydrogen-bond donors (Lipinski definition) is 0. The Balaban J connectivity index is 2.11. The number of fused-ring (bicyclic) bond motifs is 1. The number of allylic oxidation sites excluding steroid dienone is 1. The van der Waals surface area contributed by atoms with Crippen molar-refractivity contribution in [3.63, 3.8) is 0 Å². The van der Waals surface area contributed by atoms with Crippen molar-refractivity contribution in [1.29, 1.82) is 0 Å². The lowest BCUT2D eigenvalue weighted by atomic mass is 10.0. The van der Waals surface area contributed by atoms with Crippen LogP contribution in [0.5, 0.6) is 0 Å². The maximum absolute atomic E-state index is 4.53. The summed E-state index contributed by atoms with van der Waals surface area (Å²) in [5, 5.41) is 3.94. The molecule has 0 spiro atoms. The standard InChI is InChI=1S/C20H20NP/c1-13(2)17-12-18-19(11-15(17)4)21-10-9-20(18)22-16-7-5-14(3)6-8-16/h5-12,22H,1H2,2-4H3. The van der Waals surface area contributed by atoms with Crippen molar-refractivity contribution in [2.24, 2.45) is 0 Å². The summed E-state index contributed by atoms with van der Waals surface area (Å²) in [6, 6.07) is 15.3. The van der Waals surface area contributed by atoms with Crippen LogP contribution in [0.15, 0.2) is 55.2 Å². The summed E-state index contributed by atoms with van der Waals surface area (Å²) in [5.74, 6) is 0. The minimum Gasteiger partial charge on any atom is -0.256 e. The molecule has 0 aliphatic rings. The van der Waals surface area contributed by atoms with E-state index in [0.717, 1.165) is 11.1 Å². The molecule has 22 heavy (non-hydrogen) atoms. The largest absolute Gasteiger partial charge is 0.256 e. The number of rotatable bonds is 3. The molecule has 3 aromatic rings. The molecule has 110 valence electrons. The molecule has 2 heteroatoms. The van der Waals surface area contributed by atoms with Crippen molar-refractivity contribution in [2.75, 3.05) is 0 Å². The molecular formula is C20H20NP. The normalized spacial score (nSPS) is 11.4. The van der Waals surface area contributed by atoms with Crippen LogP contribution in [-0.2, 0) is 0 Å². The molecule has 2 aromatic carbocycles. The number of benzene rings is 2. The first-order chi connectivity index (χ1) is 10.5. The highest BCUT2D eigenvalue weighted by atomic mass is 31.1. The molecule has 0 aliphatic heterocycles. The second-order valence-corrected chi connectivity index (χ2v) is 7.18. The molecule has 1 aromatic heterocycles. The van der Waals surface area contributed by atoms with E-state index in [2.05, 4.69) is 74.8 Å². The fraction of sp³-hybridized carbons (Fsp3) is 0.150. The van der Waals surface area contributed by atoms with E-state index in [4.69, 9.17) is 0 Å². The van der Waals surface area contributed by atoms with E-state index >= 15 is 0 Å². The molecule has 1 nitrogen and oxygen atoms in total. The molecule has 0 amide bonds. The first kappa shape index (κ1) is 14.9. The summed E-state index contributed by atoms with van der Waals surface area (Å²) in [6.07, 6.45) is 1.92. The first-order valence-electron chi connectivity index (χ1n) is 7.43. The SMILES string of the molecule is C=C(C)c1cc2c(Pc3ccc(C)cc3)ccnc2cc1C. The topological polar surface area (TPSA) is 12.9 Å². The third-order valence-corrected chi connectivity index (χ3v) is 5.21. The van der Waals surface area contributed by atoms with Gasteiger partial charge in [-0.3, -0.25) is 4.98 Å². The molecule has 0 saturated carbocycles. The fourth-order valence-corrected chi connectivity index (χ4v) is 3.80. The van der Waals surface area contributed by atoms with Crippen LogP contribution >= 0.6 is 8.58 Å². The van der Waals surface area contributed by atoms with Gasteiger partial charge in [0.15, 0.2) is 0 Å². The van der Waals surface area contributed by atoms with Gasteiger partial charge in [-0.1, -0.05) is 50.6 Å². The molecule has 3 rings (SSSR count). The van der Waals surface area contributed by atoms with Gasteiger partial charge in [-0.05, 0) is 60.7 Å². The van der Waals surface area contributed by atoms with Crippen LogP contribution in [-0.4, -0.2) is 4.98 Å². The lowest BCUT2D eigenvalue weighted by Crippen LogP contribution is -2.06. The van der Waals surface area contributed by atoms with Crippen LogP contribution in [0, 0.1) is 13.8 Å². The monoisotopic (exact) mass is 305 g/mol. The Hall–Kier alpha value is -1.98. The fourth-order valence-electron chi connectivity index (χ4n) is 2.66. The maximum atomic E-state index is 4.53. The van der Waals surface area contributed by atoms with Crippen LogP contribution in [0.1, 0.15) is 23.6 Å². The van der Waals surface area contributed by atoms with Gasteiger partial charge in [0.2, 0.25) is 0 Å². The quantitative estimate of drug-likeness (QED) is 0.649. The highest BCUT2D eigenvalue weighted by Gasteiger charge is 2.08. The van der Waals surface area contributed by atoms with Crippen molar-refractivity contribution >= 4 is 35.7 Å². The summed E-state index contributed by atoms with van der Waals surface area (Å²) >= 11 is 0. The van der Waals surface area contributed by atoms with Crippen LogP contribution in [0.4, 0.5) is 0 Å². The number of aryl methyl sites for hydroxylation is 2. The molecule has 1 heterocycles. The second-order valence-electron chi connectivity index (χ2n) is 5.81. The van der Waals surface area contributed by atoms with Crippen molar-refractivity contribution in [3.05, 3.63) is 71.9 Å². The van der Waals surface area contributed by atoms with E-state index in [1.54, 1.807) is 0 Å². The number of hydrogen-bond acceptors (Lipinski definition) is 1. The Labute approximate surface area is 133 Å². The molecule has 0 N–H and O–H groups in total. The van der Waals surface area contributed by atoms with Gasteiger partial charge in [-0.2, -0.15) is 0 Å². The van der Waals surface area contributed by atoms with E-state index in [9.17, 15) is 0 Å². The highest BCUT2D eigenvalue weighted by molar-refractivity contribution is 7.56. The zero-order valence-corrected chi connectivity index (χ0v) is 14.3. The molecular weight excluding hydrogens is 285 g/mol. The predicted molar refractivity (Wildman–Crippen MR) is 100.0 cm³/mol. The van der Waals surface area contributed by atoms with Gasteiger partial charge >= 0.3 is 0 Å². The third kappa shape index (κ3) is 2.96. The summed E-state index contributed by atoms with van der Waals surface area (Å²) in [7, 11) is 0.644. The number of aromatic nitrogens is 1. The van der Waals surface area contributed by atoms with E-state index in [1.165, 1.54) is 32.7 Å². The predicted octanol–water partition coefficient (Wildman–Crippen LogP) is 4.51. The van der Waals surface area contributed by atoms with E-state index in [1.807, 2.05) is 6.20 Å². The Bertz CT molecular complexity index is 847. The average Bonchev–Trinajstić information content (AvgIpc) is 2.49. The van der Waals surface area contributed by atoms with Crippen molar-refractivity contribution < 1.29 is 0 Å². The van der Waals surface area contributed by atoms with Crippen molar-refractivity contribution in [3.8, 4) is 0 Å². The Morgan fingerprint density at radius 2 is 1.77 bits per heavy atom. The summed E-state index contributed by atoms with van der Waals surface area (Å²) in [4.78, 5) is 4.53. The summed E-state index contributed by atoms with van der Waals surface area (Å²) < 4.78 is 0. The minimum atomic E-state index is 0.644. The minimum absolute atomic E-state index is 0.644. The Morgan fingerprint density at radius 1 is 1.05 bits per heavy atom. The molecule has 0 aliphatic carbocycles. The lowest BCUT2D eigenvalue weighted by molar-refractivity contribution is 1.38. The Morgan fingerprint density at radius 3 is 2.45 bits per heavy atom. The van der Waals surface area contributed by atoms with Crippen molar-refractivity contribution in [1.82, 2.24) is 4.98 Å². The molecule has 1 atom stereocenters. The van der Waals surface area contributed by atoms with Crippen LogP contribution in [0.25, 0.3) is 16.5 Å². The summed E-state index contributed by atoms with van der Waals surface area (Å²) in [5.41, 5.74) is 5.94. The van der Waals surface area contributed by atoms with Crippen LogP contribution in [0.2, 0.25) is 0 Å². The average molecular weight is 305 g/mol. The maximum Gasteiger partial charge on any atom is 0.0711 e. The van der Waals surface area contributed by atoms with E-state index in [-0.39, 0.29) is 0 Å². The number of pyridine rings is 1. The van der Waals surface area contributed by atoms with Crippen molar-refractivity contribution in [2.45, 2.75) is 20.8 Å². The van der Waals surface area contributed by atoms with Gasteiger partial charge in [-0.15, -0.1) is 0 Å². The summed E-state index contributed by atoms with van der Waals surface area (Å²) in [6.45, 7) is 10.4. The molecule has 0 radical (unpaired) electrons. The molecule has 1 unspecified atom stereocenters. The highest BCUT2D eigenvalue weighted by Crippen LogP contribution is 2.25. The van der Waals surface area contributed by atoms with Gasteiger partial charge < -0.3 is 0 Å². The van der Waals surface area contributed by atoms with Crippen LogP contribution in [0.3, 0.4) is 0 Å². The van der Waals surface area contributed by atoms with Crippen LogP contribution < -0.4 is 10.6 Å². The van der Waals surface area contributed by atoms with Gasteiger partial charge in [0.25, 0.3) is 0 Å². The molecule has 0 bridgehead atoms. The smallest absolute Gasteiger partial charge is 0.0711 e. The van der Waals surface area contributed by atoms with Gasteiger partial charge in [-0.25, -0.2) is 0 Å². The molecule has 0 fully saturated rings. The van der Waals surface area contributed by atoms with E-state index < -0.39 is 0 Å². The third-order valence-electron chi connectivity index (χ3n) is 3.88. The zero-order chi connectivity index (χ0) is 15.7.